The molecule has 100 valence electrons. The Kier molecular flexibility index (Phi) is 4.72. The molecule has 0 bridgehead atoms. The fraction of sp³-hybridized carbons (Fsp3) is 0.692. The van der Waals surface area contributed by atoms with E-state index >= 15 is 0 Å². The van der Waals surface area contributed by atoms with Crippen molar-refractivity contribution < 1.29 is 9.53 Å². The molecule has 1 fully saturated rings. The number of rotatable bonds is 3. The summed E-state index contributed by atoms with van der Waals surface area (Å²) in [6.45, 7) is 4.16. The van der Waals surface area contributed by atoms with Crippen molar-refractivity contribution in [1.29, 1.82) is 0 Å². The van der Waals surface area contributed by atoms with Crippen LogP contribution < -0.4 is 0 Å². The normalized spacial score (nSPS) is 16.7. The van der Waals surface area contributed by atoms with E-state index in [0.29, 0.717) is 6.61 Å². The van der Waals surface area contributed by atoms with Crippen LogP contribution in [0, 0.1) is 6.92 Å². The number of methoxy groups -OCH3 is 1. The van der Waals surface area contributed by atoms with Crippen LogP contribution in [0.15, 0.2) is 0 Å². The number of hydrogen-bond acceptors (Lipinski definition) is 4. The molecule has 4 nitrogen and oxygen atoms in total. The smallest absolute Gasteiger partial charge is 0.265 e. The van der Waals surface area contributed by atoms with Gasteiger partial charge in [-0.25, -0.2) is 4.98 Å². The van der Waals surface area contributed by atoms with Crippen molar-refractivity contribution in [3.05, 3.63) is 15.6 Å². The number of hydrogen-bond donors (Lipinski definition) is 0. The average molecular weight is 268 g/mol. The van der Waals surface area contributed by atoms with Crippen molar-refractivity contribution in [1.82, 2.24) is 9.88 Å². The molecule has 1 aliphatic heterocycles. The number of aryl methyl sites for hydroxylation is 1. The summed E-state index contributed by atoms with van der Waals surface area (Å²) < 4.78 is 5.06. The fourth-order valence-corrected chi connectivity index (χ4v) is 3.26. The largest absolute Gasteiger partial charge is 0.378 e. The summed E-state index contributed by atoms with van der Waals surface area (Å²) in [6.07, 6.45) is 4.71. The summed E-state index contributed by atoms with van der Waals surface area (Å²) >= 11 is 1.47. The molecule has 2 rings (SSSR count). The predicted molar refractivity (Wildman–Crippen MR) is 71.9 cm³/mol. The summed E-state index contributed by atoms with van der Waals surface area (Å²) in [5.74, 6) is 0.147. The minimum absolute atomic E-state index is 0.147. The van der Waals surface area contributed by atoms with Crippen molar-refractivity contribution in [3.63, 3.8) is 0 Å². The Hall–Kier alpha value is -0.940. The monoisotopic (exact) mass is 268 g/mol. The topological polar surface area (TPSA) is 42.4 Å². The summed E-state index contributed by atoms with van der Waals surface area (Å²) in [6, 6.07) is 0. The zero-order valence-corrected chi connectivity index (χ0v) is 11.9. The first kappa shape index (κ1) is 13.5. The fourth-order valence-electron chi connectivity index (χ4n) is 2.25. The Morgan fingerprint density at radius 3 is 2.61 bits per heavy atom. The highest BCUT2D eigenvalue weighted by Crippen LogP contribution is 2.22. The van der Waals surface area contributed by atoms with Gasteiger partial charge in [0.25, 0.3) is 5.91 Å². The number of ether oxygens (including phenoxy) is 1. The van der Waals surface area contributed by atoms with Gasteiger partial charge in [0.2, 0.25) is 0 Å². The van der Waals surface area contributed by atoms with E-state index in [1.165, 1.54) is 24.2 Å². The molecular weight excluding hydrogens is 248 g/mol. The molecule has 0 saturated carbocycles. The summed E-state index contributed by atoms with van der Waals surface area (Å²) in [7, 11) is 1.65. The first-order valence-electron chi connectivity index (χ1n) is 6.47. The van der Waals surface area contributed by atoms with E-state index in [2.05, 4.69) is 4.98 Å². The van der Waals surface area contributed by atoms with Gasteiger partial charge in [-0.3, -0.25) is 4.79 Å². The minimum Gasteiger partial charge on any atom is -0.378 e. The van der Waals surface area contributed by atoms with Crippen LogP contribution in [0.3, 0.4) is 0 Å². The van der Waals surface area contributed by atoms with E-state index < -0.39 is 0 Å². The van der Waals surface area contributed by atoms with Crippen molar-refractivity contribution in [3.8, 4) is 0 Å². The molecule has 1 saturated heterocycles. The molecule has 0 aliphatic carbocycles. The van der Waals surface area contributed by atoms with Crippen LogP contribution in [-0.2, 0) is 11.3 Å². The van der Waals surface area contributed by atoms with Gasteiger partial charge >= 0.3 is 0 Å². The number of nitrogens with zero attached hydrogens (tertiary/aromatic N) is 2. The lowest BCUT2D eigenvalue weighted by molar-refractivity contribution is 0.0765. The summed E-state index contributed by atoms with van der Waals surface area (Å²) in [5, 5.41) is 0.883. The molecule has 1 aromatic rings. The molecule has 1 aliphatic rings. The lowest BCUT2D eigenvalue weighted by atomic mass is 10.2. The Labute approximate surface area is 112 Å². The number of carbonyl (C=O) groups excluding carboxylic acids is 1. The van der Waals surface area contributed by atoms with Crippen molar-refractivity contribution >= 4 is 17.2 Å². The number of thiazole rings is 1. The van der Waals surface area contributed by atoms with Crippen LogP contribution in [0.1, 0.15) is 46.1 Å². The third-order valence-corrected chi connectivity index (χ3v) is 4.32. The highest BCUT2D eigenvalue weighted by atomic mass is 32.1. The molecule has 0 unspecified atom stereocenters. The third kappa shape index (κ3) is 3.09. The number of carbonyl (C=O) groups is 1. The zero-order chi connectivity index (χ0) is 13.0. The first-order valence-corrected chi connectivity index (χ1v) is 7.28. The molecule has 0 atom stereocenters. The molecule has 2 heterocycles. The second kappa shape index (κ2) is 6.29. The molecule has 0 radical (unpaired) electrons. The SMILES string of the molecule is COCc1nc(C)c(C(=O)N2CCCCCC2)s1. The highest BCUT2D eigenvalue weighted by molar-refractivity contribution is 7.13. The summed E-state index contributed by atoms with van der Waals surface area (Å²) in [5.41, 5.74) is 0.835. The van der Waals surface area contributed by atoms with Crippen molar-refractivity contribution in [2.75, 3.05) is 20.2 Å². The molecule has 0 aromatic carbocycles. The lowest BCUT2D eigenvalue weighted by Crippen LogP contribution is -2.31. The van der Waals surface area contributed by atoms with Crippen LogP contribution in [0.4, 0.5) is 0 Å². The Morgan fingerprint density at radius 1 is 1.33 bits per heavy atom. The van der Waals surface area contributed by atoms with Gasteiger partial charge in [0.05, 0.1) is 12.3 Å². The summed E-state index contributed by atoms with van der Waals surface area (Å²) in [4.78, 5) is 19.6. The zero-order valence-electron chi connectivity index (χ0n) is 11.1. The van der Waals surface area contributed by atoms with Crippen LogP contribution in [0.25, 0.3) is 0 Å². The van der Waals surface area contributed by atoms with E-state index in [9.17, 15) is 4.79 Å². The Morgan fingerprint density at radius 2 is 2.00 bits per heavy atom. The van der Waals surface area contributed by atoms with Crippen LogP contribution >= 0.6 is 11.3 Å². The maximum absolute atomic E-state index is 12.4. The van der Waals surface area contributed by atoms with Gasteiger partial charge < -0.3 is 9.64 Å². The Bertz CT molecular complexity index is 409. The van der Waals surface area contributed by atoms with E-state index in [4.69, 9.17) is 4.74 Å². The van der Waals surface area contributed by atoms with Gasteiger partial charge in [-0.05, 0) is 19.8 Å². The van der Waals surface area contributed by atoms with E-state index in [-0.39, 0.29) is 5.91 Å². The van der Waals surface area contributed by atoms with Crippen molar-refractivity contribution in [2.45, 2.75) is 39.2 Å². The number of aromatic nitrogens is 1. The number of likely N-dealkylation sites (tertiary alicyclic amines) is 1. The van der Waals surface area contributed by atoms with Gasteiger partial charge in [-0.2, -0.15) is 0 Å². The highest BCUT2D eigenvalue weighted by Gasteiger charge is 2.22. The molecule has 0 spiro atoms. The van der Waals surface area contributed by atoms with Crippen molar-refractivity contribution in [2.24, 2.45) is 0 Å². The second-order valence-electron chi connectivity index (χ2n) is 4.66. The first-order chi connectivity index (χ1) is 8.72. The average Bonchev–Trinajstić information content (AvgIpc) is 2.57. The molecule has 5 heteroatoms. The molecule has 1 aromatic heterocycles. The number of amides is 1. The third-order valence-electron chi connectivity index (χ3n) is 3.20. The van der Waals surface area contributed by atoms with Crippen LogP contribution in [0.5, 0.6) is 0 Å². The lowest BCUT2D eigenvalue weighted by Gasteiger charge is -2.19. The second-order valence-corrected chi connectivity index (χ2v) is 5.75. The van der Waals surface area contributed by atoms with E-state index in [1.54, 1.807) is 7.11 Å². The molecular formula is C13H20N2O2S. The maximum atomic E-state index is 12.4. The van der Waals surface area contributed by atoms with Gasteiger partial charge in [-0.1, -0.05) is 12.8 Å². The maximum Gasteiger partial charge on any atom is 0.265 e. The quantitative estimate of drug-likeness (QED) is 0.846. The van der Waals surface area contributed by atoms with Gasteiger partial charge in [0.15, 0.2) is 0 Å². The standard InChI is InChI=1S/C13H20N2O2S/c1-10-12(18-11(14-10)9-17-2)13(16)15-7-5-3-4-6-8-15/h3-9H2,1-2H3. The van der Waals surface area contributed by atoms with Crippen LogP contribution in [-0.4, -0.2) is 36.0 Å². The molecule has 18 heavy (non-hydrogen) atoms. The molecule has 1 amide bonds. The predicted octanol–water partition coefficient (Wildman–Crippen LogP) is 2.61. The minimum atomic E-state index is 0.147. The van der Waals surface area contributed by atoms with Gasteiger partial charge in [0.1, 0.15) is 9.88 Å². The van der Waals surface area contributed by atoms with Gasteiger partial charge in [-0.15, -0.1) is 11.3 Å². The van der Waals surface area contributed by atoms with Crippen LogP contribution in [0.2, 0.25) is 0 Å². The molecule has 0 N–H and O–H groups in total. The Balaban J connectivity index is 2.11. The van der Waals surface area contributed by atoms with E-state index in [1.807, 2.05) is 11.8 Å². The van der Waals surface area contributed by atoms with Gasteiger partial charge in [0, 0.05) is 20.2 Å². The van der Waals surface area contributed by atoms with E-state index in [0.717, 1.165) is 41.5 Å².